The first-order chi connectivity index (χ1) is 10.6. The molecule has 1 aromatic heterocycles. The van der Waals surface area contributed by atoms with Crippen molar-refractivity contribution in [1.29, 1.82) is 0 Å². The van der Waals surface area contributed by atoms with Gasteiger partial charge in [0.2, 0.25) is 11.9 Å². The quantitative estimate of drug-likeness (QED) is 0.683. The number of hydrogen-bond acceptors (Lipinski definition) is 4. The average Bonchev–Trinajstić information content (AvgIpc) is 2.63. The van der Waals surface area contributed by atoms with Crippen LogP contribution in [0.3, 0.4) is 0 Å². The van der Waals surface area contributed by atoms with Gasteiger partial charge in [-0.1, -0.05) is 6.07 Å². The molecule has 0 radical (unpaired) electrons. The molecule has 2 rings (SSSR count). The minimum absolute atomic E-state index is 0.167. The minimum atomic E-state index is -0.628. The number of halogens is 1. The molecule has 1 saturated heterocycles. The van der Waals surface area contributed by atoms with Gasteiger partial charge in [0.1, 0.15) is 0 Å². The Morgan fingerprint density at radius 3 is 2.43 bits per heavy atom. The van der Waals surface area contributed by atoms with Crippen molar-refractivity contribution < 1.29 is 18.5 Å². The molecule has 1 aromatic rings. The summed E-state index contributed by atoms with van der Waals surface area (Å²) >= 11 is 0. The van der Waals surface area contributed by atoms with E-state index in [4.69, 9.17) is 9.31 Å². The van der Waals surface area contributed by atoms with Crippen molar-refractivity contribution in [2.75, 3.05) is 6.54 Å². The smallest absolute Gasteiger partial charge is 0.400 e. The molecule has 1 aliphatic heterocycles. The van der Waals surface area contributed by atoms with E-state index < -0.39 is 24.3 Å². The molecule has 7 heteroatoms. The molecule has 0 spiro atoms. The van der Waals surface area contributed by atoms with Gasteiger partial charge in [0.25, 0.3) is 0 Å². The zero-order chi connectivity index (χ0) is 17.3. The second-order valence-electron chi connectivity index (χ2n) is 6.60. The normalized spacial score (nSPS) is 19.7. The fraction of sp³-hybridized carbons (Fsp3) is 0.500. The molecular formula is C16H22BFN2O3. The van der Waals surface area contributed by atoms with E-state index in [1.807, 2.05) is 27.7 Å². The van der Waals surface area contributed by atoms with Crippen molar-refractivity contribution in [1.82, 2.24) is 10.3 Å². The first-order valence-corrected chi connectivity index (χ1v) is 7.54. The Morgan fingerprint density at radius 1 is 1.30 bits per heavy atom. The molecular weight excluding hydrogens is 298 g/mol. The summed E-state index contributed by atoms with van der Waals surface area (Å²) in [5, 5.41) is 2.72. The molecule has 1 aliphatic rings. The Hall–Kier alpha value is -1.73. The highest BCUT2D eigenvalue weighted by molar-refractivity contribution is 6.56. The van der Waals surface area contributed by atoms with Gasteiger partial charge in [0.15, 0.2) is 0 Å². The van der Waals surface area contributed by atoms with Crippen LogP contribution in [0.25, 0.3) is 6.08 Å². The molecule has 0 aliphatic carbocycles. The lowest BCUT2D eigenvalue weighted by atomic mass is 9.77. The summed E-state index contributed by atoms with van der Waals surface area (Å²) in [4.78, 5) is 15.0. The third-order valence-electron chi connectivity index (χ3n) is 4.17. The van der Waals surface area contributed by atoms with Gasteiger partial charge in [-0.05, 0) is 51.4 Å². The SMILES string of the molecule is CC(=O)NCC(=Cc1cccc(F)n1)B1OC(C)(C)C(C)(C)O1. The largest absolute Gasteiger partial charge is 0.492 e. The first-order valence-electron chi connectivity index (χ1n) is 7.54. The lowest BCUT2D eigenvalue weighted by molar-refractivity contribution is -0.118. The van der Waals surface area contributed by atoms with Gasteiger partial charge in [0.05, 0.1) is 16.9 Å². The number of pyridine rings is 1. The molecule has 124 valence electrons. The van der Waals surface area contributed by atoms with Gasteiger partial charge in [-0.3, -0.25) is 4.79 Å². The number of rotatable bonds is 4. The van der Waals surface area contributed by atoms with E-state index in [0.717, 1.165) is 0 Å². The van der Waals surface area contributed by atoms with Gasteiger partial charge >= 0.3 is 7.12 Å². The van der Waals surface area contributed by atoms with Crippen molar-refractivity contribution in [3.8, 4) is 0 Å². The highest BCUT2D eigenvalue weighted by Crippen LogP contribution is 2.38. The lowest BCUT2D eigenvalue weighted by Gasteiger charge is -2.32. The topological polar surface area (TPSA) is 60.5 Å². The number of carbonyl (C=O) groups is 1. The summed E-state index contributed by atoms with van der Waals surface area (Å²) in [5.41, 5.74) is 0.127. The predicted molar refractivity (Wildman–Crippen MR) is 86.9 cm³/mol. The Morgan fingerprint density at radius 2 is 1.91 bits per heavy atom. The Kier molecular flexibility index (Phi) is 4.91. The van der Waals surface area contributed by atoms with Crippen molar-refractivity contribution in [2.45, 2.75) is 45.8 Å². The van der Waals surface area contributed by atoms with Crippen LogP contribution in [-0.2, 0) is 14.1 Å². The molecule has 0 unspecified atom stereocenters. The van der Waals surface area contributed by atoms with E-state index in [0.29, 0.717) is 11.2 Å². The second-order valence-corrected chi connectivity index (χ2v) is 6.60. The van der Waals surface area contributed by atoms with Crippen LogP contribution in [0.1, 0.15) is 40.3 Å². The van der Waals surface area contributed by atoms with E-state index in [1.54, 1.807) is 18.2 Å². The standard InChI is InChI=1S/C16H22BFN2O3/c1-11(21)19-10-12(9-13-7-6-8-14(18)20-13)17-22-15(2,3)16(4,5)23-17/h6-9H,10H2,1-5H3,(H,19,21). The minimum Gasteiger partial charge on any atom is -0.400 e. The number of nitrogens with zero attached hydrogens (tertiary/aromatic N) is 1. The molecule has 5 nitrogen and oxygen atoms in total. The average molecular weight is 320 g/mol. The Labute approximate surface area is 136 Å². The molecule has 0 aromatic carbocycles. The van der Waals surface area contributed by atoms with Crippen molar-refractivity contribution in [3.63, 3.8) is 0 Å². The highest BCUT2D eigenvalue weighted by atomic mass is 19.1. The van der Waals surface area contributed by atoms with E-state index in [1.165, 1.54) is 13.0 Å². The zero-order valence-electron chi connectivity index (χ0n) is 14.1. The highest BCUT2D eigenvalue weighted by Gasteiger charge is 2.52. The number of aromatic nitrogens is 1. The van der Waals surface area contributed by atoms with Crippen molar-refractivity contribution >= 4 is 19.1 Å². The summed E-state index contributed by atoms with van der Waals surface area (Å²) in [6.07, 6.45) is 1.68. The monoisotopic (exact) mass is 320 g/mol. The molecule has 0 atom stereocenters. The van der Waals surface area contributed by atoms with Crippen LogP contribution >= 0.6 is 0 Å². The second kappa shape index (κ2) is 6.41. The Balaban J connectivity index is 2.30. The maximum Gasteiger partial charge on any atom is 0.492 e. The molecule has 23 heavy (non-hydrogen) atoms. The fourth-order valence-electron chi connectivity index (χ4n) is 2.12. The third-order valence-corrected chi connectivity index (χ3v) is 4.17. The van der Waals surface area contributed by atoms with Crippen LogP contribution in [0.15, 0.2) is 23.7 Å². The van der Waals surface area contributed by atoms with Gasteiger partial charge in [-0.25, -0.2) is 4.98 Å². The summed E-state index contributed by atoms with van der Waals surface area (Å²) in [5.74, 6) is -0.730. The van der Waals surface area contributed by atoms with Gasteiger partial charge in [-0.2, -0.15) is 4.39 Å². The maximum atomic E-state index is 13.3. The van der Waals surface area contributed by atoms with Crippen LogP contribution in [0, 0.1) is 5.95 Å². The Bertz CT molecular complexity index is 616. The molecule has 0 bridgehead atoms. The van der Waals surface area contributed by atoms with E-state index in [-0.39, 0.29) is 12.5 Å². The van der Waals surface area contributed by atoms with E-state index in [9.17, 15) is 9.18 Å². The summed E-state index contributed by atoms with van der Waals surface area (Å²) in [6.45, 7) is 9.46. The van der Waals surface area contributed by atoms with Gasteiger partial charge in [0, 0.05) is 13.5 Å². The van der Waals surface area contributed by atoms with Crippen LogP contribution in [0.5, 0.6) is 0 Å². The van der Waals surface area contributed by atoms with Crippen molar-refractivity contribution in [2.24, 2.45) is 0 Å². The van der Waals surface area contributed by atoms with E-state index >= 15 is 0 Å². The third kappa shape index (κ3) is 4.17. The molecule has 1 amide bonds. The molecule has 1 N–H and O–H groups in total. The summed E-state index contributed by atoms with van der Waals surface area (Å²) in [6, 6.07) is 4.54. The molecule has 2 heterocycles. The van der Waals surface area contributed by atoms with Crippen LogP contribution in [0.4, 0.5) is 4.39 Å². The predicted octanol–water partition coefficient (Wildman–Crippen LogP) is 2.37. The summed E-state index contributed by atoms with van der Waals surface area (Å²) in [7, 11) is -0.628. The number of nitrogens with one attached hydrogen (secondary N) is 1. The summed E-state index contributed by atoms with van der Waals surface area (Å²) < 4.78 is 25.3. The van der Waals surface area contributed by atoms with Crippen LogP contribution in [0.2, 0.25) is 0 Å². The maximum absolute atomic E-state index is 13.3. The number of amides is 1. The van der Waals surface area contributed by atoms with E-state index in [2.05, 4.69) is 10.3 Å². The lowest BCUT2D eigenvalue weighted by Crippen LogP contribution is -2.41. The molecule has 1 fully saturated rings. The van der Waals surface area contributed by atoms with Crippen LogP contribution < -0.4 is 5.32 Å². The van der Waals surface area contributed by atoms with Crippen molar-refractivity contribution in [3.05, 3.63) is 35.3 Å². The zero-order valence-corrected chi connectivity index (χ0v) is 14.1. The van der Waals surface area contributed by atoms with Crippen LogP contribution in [-0.4, -0.2) is 35.8 Å². The van der Waals surface area contributed by atoms with Gasteiger partial charge in [-0.15, -0.1) is 0 Å². The number of hydrogen-bond donors (Lipinski definition) is 1. The fourth-order valence-corrected chi connectivity index (χ4v) is 2.12. The first kappa shape index (κ1) is 17.6. The molecule has 0 saturated carbocycles. The van der Waals surface area contributed by atoms with Gasteiger partial charge < -0.3 is 14.6 Å². The number of carbonyl (C=O) groups excluding carboxylic acids is 1.